The maximum atomic E-state index is 13.4. The summed E-state index contributed by atoms with van der Waals surface area (Å²) in [5.41, 5.74) is 8.15. The van der Waals surface area contributed by atoms with Crippen LogP contribution in [0.25, 0.3) is 11.0 Å². The van der Waals surface area contributed by atoms with Crippen molar-refractivity contribution in [3.05, 3.63) is 59.7 Å². The molecule has 3 aromatic rings. The van der Waals surface area contributed by atoms with E-state index in [1.54, 1.807) is 30.7 Å². The predicted octanol–water partition coefficient (Wildman–Crippen LogP) is 4.97. The van der Waals surface area contributed by atoms with Crippen LogP contribution in [0, 0.1) is 5.92 Å². The molecule has 1 aromatic heterocycles. The van der Waals surface area contributed by atoms with Crippen molar-refractivity contribution in [2.75, 3.05) is 0 Å². The molecule has 216 valence electrons. The van der Waals surface area contributed by atoms with E-state index in [1.165, 1.54) is 13.8 Å². The van der Waals surface area contributed by atoms with E-state index >= 15 is 0 Å². The quantitative estimate of drug-likeness (QED) is 0.0713. The first-order valence-corrected chi connectivity index (χ1v) is 14.3. The summed E-state index contributed by atoms with van der Waals surface area (Å²) >= 11 is 0. The predicted molar refractivity (Wildman–Crippen MR) is 162 cm³/mol. The van der Waals surface area contributed by atoms with Gasteiger partial charge < -0.3 is 20.4 Å². The maximum absolute atomic E-state index is 13.4. The first-order chi connectivity index (χ1) is 18.7. The number of carboxylic acid groups (broad SMARTS) is 1. The van der Waals surface area contributed by atoms with Gasteiger partial charge in [-0.1, -0.05) is 66.5 Å². The molecule has 0 bridgehead atoms. The number of ether oxygens (including phenoxy) is 1. The van der Waals surface area contributed by atoms with Gasteiger partial charge in [-0.25, -0.2) is 4.68 Å². The van der Waals surface area contributed by atoms with Crippen LogP contribution >= 0.6 is 18.5 Å². The van der Waals surface area contributed by atoms with Crippen molar-refractivity contribution in [2.24, 2.45) is 16.8 Å². The van der Waals surface area contributed by atoms with E-state index in [0.29, 0.717) is 16.6 Å². The molecule has 0 saturated heterocycles. The smallest absolute Gasteiger partial charge is 0.315 e. The van der Waals surface area contributed by atoms with Gasteiger partial charge in [-0.15, -0.1) is 23.6 Å². The summed E-state index contributed by atoms with van der Waals surface area (Å²) in [6.07, 6.45) is 2.75. The number of rotatable bonds is 13. The third-order valence-corrected chi connectivity index (χ3v) is 8.03. The summed E-state index contributed by atoms with van der Waals surface area (Å²) in [7, 11) is 5.79. The average molecular weight is 588 g/mol. The van der Waals surface area contributed by atoms with E-state index in [9.17, 15) is 14.7 Å². The van der Waals surface area contributed by atoms with Crippen molar-refractivity contribution in [1.29, 1.82) is 0 Å². The van der Waals surface area contributed by atoms with Gasteiger partial charge >= 0.3 is 11.9 Å². The summed E-state index contributed by atoms with van der Waals surface area (Å²) in [5, 5.41) is 21.9. The Morgan fingerprint density at radius 1 is 1.10 bits per heavy atom. The van der Waals surface area contributed by atoms with Crippen LogP contribution < -0.4 is 5.73 Å². The van der Waals surface area contributed by atoms with Crippen molar-refractivity contribution in [1.82, 2.24) is 15.0 Å². The molecule has 0 fully saturated rings. The Labute approximate surface area is 239 Å². The molecule has 0 aliphatic heterocycles. The van der Waals surface area contributed by atoms with Crippen LogP contribution in [0.2, 0.25) is 0 Å². The molecule has 40 heavy (non-hydrogen) atoms. The second-order valence-corrected chi connectivity index (χ2v) is 13.6. The summed E-state index contributed by atoms with van der Waals surface area (Å²) < 4.78 is 7.18. The molecule has 0 aliphatic rings. The monoisotopic (exact) mass is 587 g/mol. The lowest BCUT2D eigenvalue weighted by atomic mass is 9.84. The van der Waals surface area contributed by atoms with Crippen LogP contribution in [0.3, 0.4) is 0 Å². The molecule has 0 saturated carbocycles. The fourth-order valence-electron chi connectivity index (χ4n) is 4.35. The molecule has 10 nitrogen and oxygen atoms in total. The highest BCUT2D eigenvalue weighted by Crippen LogP contribution is 2.43. The van der Waals surface area contributed by atoms with Crippen molar-refractivity contribution in [3.8, 4) is 0 Å². The number of carbonyl (C=O) groups excluding carboxylic acids is 1. The largest absolute Gasteiger partial charge is 0.481 e. The van der Waals surface area contributed by atoms with Gasteiger partial charge in [0.2, 0.25) is 0 Å². The number of oxime groups is 1. The number of amidine groups is 1. The number of carboxylic acids is 1. The Balaban J connectivity index is 1.75. The Morgan fingerprint density at radius 3 is 2.38 bits per heavy atom. The van der Waals surface area contributed by atoms with E-state index in [1.807, 2.05) is 36.4 Å². The van der Waals surface area contributed by atoms with Gasteiger partial charge in [0.05, 0.1) is 23.4 Å². The highest BCUT2D eigenvalue weighted by molar-refractivity contribution is 7.39. The molecular formula is C28H39N5O5P2. The molecule has 0 spiro atoms. The molecule has 0 aliphatic carbocycles. The minimum Gasteiger partial charge on any atom is -0.481 e. The number of aliphatic carboxylic acids is 1. The highest BCUT2D eigenvalue weighted by Gasteiger charge is 2.43. The SMILES string of the molecule is CCCCC(P)(P)c1ccc(C(N)=NOC(C)(C)OC(=O)C(CC(=O)O)C(C)(C)n2nnc3ccccc32)cc1. The molecule has 0 radical (unpaired) electrons. The minimum atomic E-state index is -1.53. The normalized spacial score (nSPS) is 13.7. The Morgan fingerprint density at radius 2 is 1.75 bits per heavy atom. The minimum absolute atomic E-state index is 0.110. The Bertz CT molecular complexity index is 1370. The first-order valence-electron chi connectivity index (χ1n) is 13.1. The fraction of sp³-hybridized carbons (Fsp3) is 0.464. The van der Waals surface area contributed by atoms with Crippen LogP contribution in [0.1, 0.15) is 71.4 Å². The van der Waals surface area contributed by atoms with Gasteiger partial charge in [-0.3, -0.25) is 9.59 Å². The average Bonchev–Trinajstić information content (AvgIpc) is 3.34. The summed E-state index contributed by atoms with van der Waals surface area (Å²) in [4.78, 5) is 30.5. The Hall–Kier alpha value is -3.09. The zero-order valence-corrected chi connectivity index (χ0v) is 25.9. The lowest BCUT2D eigenvalue weighted by Crippen LogP contribution is -2.45. The summed E-state index contributed by atoms with van der Waals surface area (Å²) in [6, 6.07) is 14.9. The van der Waals surface area contributed by atoms with E-state index in [-0.39, 0.29) is 10.7 Å². The van der Waals surface area contributed by atoms with E-state index in [2.05, 4.69) is 40.9 Å². The molecule has 3 atom stereocenters. The van der Waals surface area contributed by atoms with Crippen molar-refractivity contribution in [3.63, 3.8) is 0 Å². The van der Waals surface area contributed by atoms with Crippen molar-refractivity contribution in [2.45, 2.75) is 76.5 Å². The number of para-hydroxylation sites is 1. The molecule has 2 aromatic carbocycles. The van der Waals surface area contributed by atoms with E-state index in [4.69, 9.17) is 15.3 Å². The lowest BCUT2D eigenvalue weighted by molar-refractivity contribution is -0.223. The van der Waals surface area contributed by atoms with Gasteiger partial charge in [-0.05, 0) is 38.0 Å². The van der Waals surface area contributed by atoms with Gasteiger partial charge in [0.15, 0.2) is 5.84 Å². The molecule has 3 N–H and O–H groups in total. The third kappa shape index (κ3) is 7.55. The number of esters is 1. The molecule has 3 unspecified atom stereocenters. The standard InChI is InChI=1S/C28H39N5O5P2/c1-6-7-16-28(39,40)19-14-12-18(13-15-19)24(29)31-38-27(4,5)37-25(36)20(17-23(34)35)26(2,3)33-22-11-9-8-10-21(22)30-32-33/h8-15,20H,6-7,16-17,39-40H2,1-5H3,(H2,29,31)(H,34,35). The number of benzene rings is 2. The number of carbonyl (C=O) groups is 2. The van der Waals surface area contributed by atoms with Crippen LogP contribution in [-0.2, 0) is 29.6 Å². The van der Waals surface area contributed by atoms with Crippen LogP contribution in [0.15, 0.2) is 53.7 Å². The zero-order valence-electron chi connectivity index (χ0n) is 23.6. The molecule has 1 heterocycles. The number of nitrogens with two attached hydrogens (primary N) is 1. The number of unbranched alkanes of at least 4 members (excludes halogenated alkanes) is 1. The molecule has 0 amide bonds. The van der Waals surface area contributed by atoms with Crippen LogP contribution in [-0.4, -0.2) is 43.7 Å². The lowest BCUT2D eigenvalue weighted by Gasteiger charge is -2.34. The second kappa shape index (κ2) is 12.6. The van der Waals surface area contributed by atoms with Crippen LogP contribution in [0.4, 0.5) is 0 Å². The Kier molecular flexibility index (Phi) is 9.91. The summed E-state index contributed by atoms with van der Waals surface area (Å²) in [6.45, 7) is 8.61. The van der Waals surface area contributed by atoms with Gasteiger partial charge in [0, 0.05) is 24.3 Å². The topological polar surface area (TPSA) is 142 Å². The number of hydrogen-bond acceptors (Lipinski definition) is 7. The first kappa shape index (κ1) is 31.4. The second-order valence-electron chi connectivity index (χ2n) is 10.9. The maximum Gasteiger partial charge on any atom is 0.315 e. The number of fused-ring (bicyclic) bond motifs is 1. The van der Waals surface area contributed by atoms with Gasteiger partial charge in [-0.2, -0.15) is 0 Å². The number of nitrogens with zero attached hydrogens (tertiary/aromatic N) is 4. The third-order valence-electron chi connectivity index (χ3n) is 6.79. The molecular weight excluding hydrogens is 548 g/mol. The number of hydrogen-bond donors (Lipinski definition) is 2. The van der Waals surface area contributed by atoms with Crippen molar-refractivity contribution >= 4 is 47.3 Å². The van der Waals surface area contributed by atoms with Crippen molar-refractivity contribution < 1.29 is 24.3 Å². The highest BCUT2D eigenvalue weighted by atomic mass is 31.1. The van der Waals surface area contributed by atoms with E-state index in [0.717, 1.165) is 24.8 Å². The zero-order chi connectivity index (χ0) is 29.7. The molecule has 12 heteroatoms. The fourth-order valence-corrected chi connectivity index (χ4v) is 5.14. The number of aromatic nitrogens is 3. The molecule has 3 rings (SSSR count). The van der Waals surface area contributed by atoms with Gasteiger partial charge in [0.25, 0.3) is 5.79 Å². The summed E-state index contributed by atoms with van der Waals surface area (Å²) in [5.74, 6) is -4.47. The van der Waals surface area contributed by atoms with Gasteiger partial charge in [0.1, 0.15) is 5.52 Å². The van der Waals surface area contributed by atoms with E-state index < -0.39 is 35.6 Å². The van der Waals surface area contributed by atoms with Crippen LogP contribution in [0.5, 0.6) is 0 Å².